The van der Waals surface area contributed by atoms with Crippen LogP contribution in [0.15, 0.2) is 60.2 Å². The largest absolute Gasteiger partial charge is 0.507 e. The monoisotopic (exact) mass is 422 g/mol. The molecule has 1 amide bonds. The molecular weight excluding hydrogens is 392 g/mol. The molecule has 1 aliphatic heterocycles. The molecule has 31 heavy (non-hydrogen) atoms. The van der Waals surface area contributed by atoms with Crippen LogP contribution < -0.4 is 4.74 Å². The second kappa shape index (κ2) is 9.79. The maximum absolute atomic E-state index is 13.0. The van der Waals surface area contributed by atoms with Gasteiger partial charge in [-0.05, 0) is 58.6 Å². The van der Waals surface area contributed by atoms with Crippen LogP contribution in [0.3, 0.4) is 0 Å². The van der Waals surface area contributed by atoms with Gasteiger partial charge in [0, 0.05) is 12.1 Å². The number of rotatable bonds is 8. The van der Waals surface area contributed by atoms with Crippen LogP contribution >= 0.6 is 0 Å². The maximum Gasteiger partial charge on any atom is 0.295 e. The molecule has 164 valence electrons. The van der Waals surface area contributed by atoms with Crippen molar-refractivity contribution in [2.75, 3.05) is 27.2 Å². The summed E-state index contributed by atoms with van der Waals surface area (Å²) in [6.07, 6.45) is 0.761. The molecule has 0 saturated carbocycles. The lowest BCUT2D eigenvalue weighted by Gasteiger charge is -2.26. The Balaban J connectivity index is 2.04. The average molecular weight is 423 g/mol. The van der Waals surface area contributed by atoms with Crippen molar-refractivity contribution in [3.05, 3.63) is 71.3 Å². The molecule has 1 saturated heterocycles. The molecule has 3 rings (SSSR count). The number of hydrogen-bond acceptors (Lipinski definition) is 5. The zero-order valence-electron chi connectivity index (χ0n) is 18.5. The van der Waals surface area contributed by atoms with E-state index in [1.54, 1.807) is 29.2 Å². The number of aliphatic hydroxyl groups is 1. The molecule has 0 aromatic heterocycles. The molecule has 6 nitrogen and oxygen atoms in total. The lowest BCUT2D eigenvalue weighted by molar-refractivity contribution is -0.139. The minimum Gasteiger partial charge on any atom is -0.507 e. The van der Waals surface area contributed by atoms with Crippen LogP contribution in [0.5, 0.6) is 5.75 Å². The van der Waals surface area contributed by atoms with Gasteiger partial charge in [-0.1, -0.05) is 42.5 Å². The number of benzene rings is 2. The summed E-state index contributed by atoms with van der Waals surface area (Å²) in [5.41, 5.74) is 1.40. The Morgan fingerprint density at radius 1 is 1.06 bits per heavy atom. The molecule has 2 aromatic carbocycles. The van der Waals surface area contributed by atoms with Crippen molar-refractivity contribution in [1.29, 1.82) is 0 Å². The maximum atomic E-state index is 13.0. The number of likely N-dealkylation sites (tertiary alicyclic amines) is 1. The van der Waals surface area contributed by atoms with E-state index < -0.39 is 17.7 Å². The van der Waals surface area contributed by atoms with Gasteiger partial charge in [-0.25, -0.2) is 0 Å². The van der Waals surface area contributed by atoms with Crippen molar-refractivity contribution in [3.8, 4) is 5.75 Å². The zero-order chi connectivity index (χ0) is 22.5. The number of carbonyl (C=O) groups is 2. The molecule has 2 aromatic rings. The summed E-state index contributed by atoms with van der Waals surface area (Å²) >= 11 is 0. The first-order chi connectivity index (χ1) is 14.8. The SMILES string of the molecule is CC(C)Oc1ccc([C@H]2/C(=C(\O)c3ccccc3)C(=O)C(=O)N2CCCN(C)C)cc1. The third kappa shape index (κ3) is 5.14. The zero-order valence-corrected chi connectivity index (χ0v) is 18.5. The van der Waals surface area contributed by atoms with Gasteiger partial charge in [0.2, 0.25) is 0 Å². The van der Waals surface area contributed by atoms with Crippen molar-refractivity contribution in [1.82, 2.24) is 9.80 Å². The molecule has 0 aliphatic carbocycles. The molecule has 6 heteroatoms. The number of amides is 1. The van der Waals surface area contributed by atoms with Gasteiger partial charge in [0.05, 0.1) is 17.7 Å². The average Bonchev–Trinajstić information content (AvgIpc) is 2.99. The Kier molecular flexibility index (Phi) is 7.13. The van der Waals surface area contributed by atoms with E-state index >= 15 is 0 Å². The van der Waals surface area contributed by atoms with Gasteiger partial charge < -0.3 is 19.6 Å². The third-order valence-electron chi connectivity index (χ3n) is 5.16. The Morgan fingerprint density at radius 2 is 1.71 bits per heavy atom. The minimum atomic E-state index is -0.654. The fraction of sp³-hybridized carbons (Fsp3) is 0.360. The number of ether oxygens (including phenoxy) is 1. The number of hydrogen-bond donors (Lipinski definition) is 1. The molecule has 0 radical (unpaired) electrons. The van der Waals surface area contributed by atoms with Crippen molar-refractivity contribution >= 4 is 17.4 Å². The third-order valence-corrected chi connectivity index (χ3v) is 5.16. The van der Waals surface area contributed by atoms with Crippen LogP contribution in [0.1, 0.15) is 37.4 Å². The van der Waals surface area contributed by atoms with E-state index in [4.69, 9.17) is 4.74 Å². The second-order valence-corrected chi connectivity index (χ2v) is 8.25. The summed E-state index contributed by atoms with van der Waals surface area (Å²) in [6.45, 7) is 5.11. The van der Waals surface area contributed by atoms with Crippen LogP contribution in [0.25, 0.3) is 5.76 Å². The lowest BCUT2D eigenvalue weighted by Crippen LogP contribution is -2.32. The molecule has 1 aliphatic rings. The topological polar surface area (TPSA) is 70.1 Å². The van der Waals surface area contributed by atoms with E-state index in [0.29, 0.717) is 17.9 Å². The Hall–Kier alpha value is -3.12. The molecule has 1 atom stereocenters. The molecule has 1 fully saturated rings. The Morgan fingerprint density at radius 3 is 2.29 bits per heavy atom. The Labute approximate surface area is 183 Å². The van der Waals surface area contributed by atoms with Crippen LogP contribution in [-0.2, 0) is 9.59 Å². The number of nitrogens with zero attached hydrogens (tertiary/aromatic N) is 2. The van der Waals surface area contributed by atoms with Gasteiger partial charge in [0.15, 0.2) is 0 Å². The molecule has 0 unspecified atom stereocenters. The van der Waals surface area contributed by atoms with Gasteiger partial charge in [0.25, 0.3) is 11.7 Å². The van der Waals surface area contributed by atoms with Gasteiger partial charge in [-0.15, -0.1) is 0 Å². The minimum absolute atomic E-state index is 0.0422. The summed E-state index contributed by atoms with van der Waals surface area (Å²) < 4.78 is 5.72. The van der Waals surface area contributed by atoms with Crippen LogP contribution in [0.2, 0.25) is 0 Å². The predicted octanol–water partition coefficient (Wildman–Crippen LogP) is 3.85. The summed E-state index contributed by atoms with van der Waals surface area (Å²) in [6, 6.07) is 15.6. The first-order valence-corrected chi connectivity index (χ1v) is 10.5. The van der Waals surface area contributed by atoms with Gasteiger partial charge in [-0.3, -0.25) is 9.59 Å². The fourth-order valence-electron chi connectivity index (χ4n) is 3.77. The highest BCUT2D eigenvalue weighted by atomic mass is 16.5. The normalized spacial score (nSPS) is 18.3. The van der Waals surface area contributed by atoms with Crippen molar-refractivity contribution < 1.29 is 19.4 Å². The summed E-state index contributed by atoms with van der Waals surface area (Å²) in [5, 5.41) is 11.0. The molecule has 1 N–H and O–H groups in total. The van der Waals surface area contributed by atoms with Gasteiger partial charge >= 0.3 is 0 Å². The number of ketones is 1. The second-order valence-electron chi connectivity index (χ2n) is 8.25. The van der Waals surface area contributed by atoms with E-state index in [1.807, 2.05) is 63.2 Å². The van der Waals surface area contributed by atoms with Crippen molar-refractivity contribution in [2.24, 2.45) is 0 Å². The number of aliphatic hydroxyl groups excluding tert-OH is 1. The molecular formula is C25H30N2O4. The number of Topliss-reactive ketones (excluding diaryl/α,β-unsaturated/α-hetero) is 1. The quantitative estimate of drug-likeness (QED) is 0.398. The molecule has 1 heterocycles. The first-order valence-electron chi connectivity index (χ1n) is 10.5. The summed E-state index contributed by atoms with van der Waals surface area (Å²) in [5.74, 6) is -0.671. The smallest absolute Gasteiger partial charge is 0.295 e. The predicted molar refractivity (Wildman–Crippen MR) is 121 cm³/mol. The summed E-state index contributed by atoms with van der Waals surface area (Å²) in [7, 11) is 3.93. The van der Waals surface area contributed by atoms with E-state index in [1.165, 1.54) is 0 Å². The highest BCUT2D eigenvalue weighted by Crippen LogP contribution is 2.39. The molecule has 0 spiro atoms. The fourth-order valence-corrected chi connectivity index (χ4v) is 3.77. The molecule has 0 bridgehead atoms. The highest BCUT2D eigenvalue weighted by Gasteiger charge is 2.45. The Bertz CT molecular complexity index is 949. The standard InChI is InChI=1S/C25H30N2O4/c1-17(2)31-20-13-11-18(12-14-20)22-21(23(28)19-9-6-5-7-10-19)24(29)25(30)27(22)16-8-15-26(3)4/h5-7,9-14,17,22,28H,8,15-16H2,1-4H3/b23-21+/t22-/m0/s1. The number of carbonyl (C=O) groups excluding carboxylic acids is 2. The van der Waals surface area contributed by atoms with E-state index in [-0.39, 0.29) is 17.4 Å². The van der Waals surface area contributed by atoms with Crippen LogP contribution in [0, 0.1) is 0 Å². The van der Waals surface area contributed by atoms with Crippen molar-refractivity contribution in [3.63, 3.8) is 0 Å². The van der Waals surface area contributed by atoms with E-state index in [0.717, 1.165) is 18.5 Å². The first kappa shape index (κ1) is 22.6. The van der Waals surface area contributed by atoms with Crippen LogP contribution in [-0.4, -0.2) is 59.9 Å². The van der Waals surface area contributed by atoms with Crippen LogP contribution in [0.4, 0.5) is 0 Å². The van der Waals surface area contributed by atoms with Gasteiger partial charge in [0.1, 0.15) is 11.5 Å². The van der Waals surface area contributed by atoms with E-state index in [2.05, 4.69) is 0 Å². The summed E-state index contributed by atoms with van der Waals surface area (Å²) in [4.78, 5) is 29.5. The highest BCUT2D eigenvalue weighted by molar-refractivity contribution is 6.46. The van der Waals surface area contributed by atoms with Gasteiger partial charge in [-0.2, -0.15) is 0 Å². The van der Waals surface area contributed by atoms with Crippen molar-refractivity contribution in [2.45, 2.75) is 32.4 Å². The van der Waals surface area contributed by atoms with E-state index in [9.17, 15) is 14.7 Å². The lowest BCUT2D eigenvalue weighted by atomic mass is 9.95.